The van der Waals surface area contributed by atoms with E-state index in [1.807, 2.05) is 0 Å². The van der Waals surface area contributed by atoms with Crippen molar-refractivity contribution in [1.29, 1.82) is 0 Å². The number of benzene rings is 2. The minimum atomic E-state index is -0.284. The first kappa shape index (κ1) is 19.2. The molecule has 0 spiro atoms. The van der Waals surface area contributed by atoms with E-state index in [-0.39, 0.29) is 17.1 Å². The topological polar surface area (TPSA) is 56.8 Å². The van der Waals surface area contributed by atoms with E-state index in [1.54, 1.807) is 30.3 Å². The number of methoxy groups -OCH3 is 2. The van der Waals surface area contributed by atoms with Crippen LogP contribution in [0.5, 0.6) is 11.5 Å². The number of para-hydroxylation sites is 1. The normalized spacial score (nSPS) is 15.8. The molecule has 2 aromatic carbocycles. The third-order valence-corrected chi connectivity index (χ3v) is 5.14. The summed E-state index contributed by atoms with van der Waals surface area (Å²) in [7, 11) is 3.04. The number of carbonyl (C=O) groups excluding carboxylic acids is 1. The highest BCUT2D eigenvalue weighted by atomic mass is 19.1. The molecule has 2 aromatic rings. The largest absolute Gasteiger partial charge is 0.493 e. The Morgan fingerprint density at radius 3 is 2.44 bits per heavy atom. The predicted molar refractivity (Wildman–Crippen MR) is 100 cm³/mol. The van der Waals surface area contributed by atoms with Crippen LogP contribution in [0.1, 0.15) is 28.8 Å². The summed E-state index contributed by atoms with van der Waals surface area (Å²) in [6, 6.07) is 11.7. The second-order valence-corrected chi connectivity index (χ2v) is 6.62. The van der Waals surface area contributed by atoms with Crippen LogP contribution in [-0.2, 0) is 10.2 Å². The second-order valence-electron chi connectivity index (χ2n) is 6.62. The van der Waals surface area contributed by atoms with Crippen LogP contribution in [0.25, 0.3) is 0 Å². The van der Waals surface area contributed by atoms with Crippen molar-refractivity contribution < 1.29 is 23.4 Å². The quantitative estimate of drug-likeness (QED) is 0.844. The zero-order valence-corrected chi connectivity index (χ0v) is 15.6. The van der Waals surface area contributed by atoms with Gasteiger partial charge in [0, 0.05) is 25.2 Å². The number of rotatable bonds is 6. The first-order valence-corrected chi connectivity index (χ1v) is 8.92. The number of ether oxygens (including phenoxy) is 3. The third-order valence-electron chi connectivity index (χ3n) is 5.14. The SMILES string of the molecule is COc1cccc(C(=O)NCC2(c3ccc(F)cc3)CCOCC2)c1OC. The van der Waals surface area contributed by atoms with E-state index in [0.717, 1.165) is 18.4 Å². The van der Waals surface area contributed by atoms with E-state index in [1.165, 1.54) is 26.4 Å². The van der Waals surface area contributed by atoms with Gasteiger partial charge in [-0.15, -0.1) is 0 Å². The Bertz CT molecular complexity index is 785. The predicted octanol–water partition coefficient (Wildman–Crippen LogP) is 3.32. The van der Waals surface area contributed by atoms with Gasteiger partial charge in [-0.3, -0.25) is 4.79 Å². The fourth-order valence-electron chi connectivity index (χ4n) is 3.54. The summed E-state index contributed by atoms with van der Waals surface area (Å²) in [5.41, 5.74) is 1.14. The average molecular weight is 373 g/mol. The van der Waals surface area contributed by atoms with Crippen LogP contribution < -0.4 is 14.8 Å². The molecule has 5 nitrogen and oxygen atoms in total. The first-order valence-electron chi connectivity index (χ1n) is 8.92. The van der Waals surface area contributed by atoms with Crippen molar-refractivity contribution in [3.63, 3.8) is 0 Å². The fourth-order valence-corrected chi connectivity index (χ4v) is 3.54. The van der Waals surface area contributed by atoms with Crippen LogP contribution in [0, 0.1) is 5.82 Å². The first-order chi connectivity index (χ1) is 13.1. The molecule has 27 heavy (non-hydrogen) atoms. The molecule has 1 aliphatic heterocycles. The summed E-state index contributed by atoms with van der Waals surface area (Å²) in [4.78, 5) is 12.8. The van der Waals surface area contributed by atoms with Gasteiger partial charge in [0.15, 0.2) is 11.5 Å². The molecule has 0 atom stereocenters. The molecular formula is C21H24FNO4. The molecule has 0 unspecified atom stereocenters. The van der Waals surface area contributed by atoms with E-state index in [4.69, 9.17) is 14.2 Å². The molecule has 1 saturated heterocycles. The van der Waals surface area contributed by atoms with Crippen molar-refractivity contribution >= 4 is 5.91 Å². The Labute approximate surface area is 158 Å². The Hall–Kier alpha value is -2.60. The van der Waals surface area contributed by atoms with Crippen molar-refractivity contribution in [2.24, 2.45) is 0 Å². The van der Waals surface area contributed by atoms with Crippen molar-refractivity contribution in [3.8, 4) is 11.5 Å². The standard InChI is InChI=1S/C21H24FNO4/c1-25-18-5-3-4-17(19(18)26-2)20(24)23-14-21(10-12-27-13-11-21)15-6-8-16(22)9-7-15/h3-9H,10-14H2,1-2H3,(H,23,24). The van der Waals surface area contributed by atoms with Crippen LogP contribution in [0.15, 0.2) is 42.5 Å². The average Bonchev–Trinajstić information content (AvgIpc) is 2.72. The smallest absolute Gasteiger partial charge is 0.255 e. The number of amides is 1. The van der Waals surface area contributed by atoms with Gasteiger partial charge in [0.1, 0.15) is 5.82 Å². The minimum Gasteiger partial charge on any atom is -0.493 e. The maximum atomic E-state index is 13.3. The molecule has 1 fully saturated rings. The van der Waals surface area contributed by atoms with Gasteiger partial charge in [-0.25, -0.2) is 4.39 Å². The maximum absolute atomic E-state index is 13.3. The zero-order valence-electron chi connectivity index (χ0n) is 15.6. The summed E-state index contributed by atoms with van der Waals surface area (Å²) >= 11 is 0. The lowest BCUT2D eigenvalue weighted by atomic mass is 9.74. The second kappa shape index (κ2) is 8.39. The van der Waals surface area contributed by atoms with E-state index >= 15 is 0 Å². The Morgan fingerprint density at radius 1 is 1.11 bits per heavy atom. The molecule has 1 amide bonds. The molecule has 1 aliphatic rings. The zero-order chi connectivity index (χ0) is 19.3. The van der Waals surface area contributed by atoms with E-state index in [2.05, 4.69) is 5.32 Å². The van der Waals surface area contributed by atoms with Gasteiger partial charge in [-0.05, 0) is 42.7 Å². The van der Waals surface area contributed by atoms with Crippen LogP contribution in [0.2, 0.25) is 0 Å². The van der Waals surface area contributed by atoms with Gasteiger partial charge in [0.05, 0.1) is 19.8 Å². The summed E-state index contributed by atoms with van der Waals surface area (Å²) < 4.78 is 29.5. The van der Waals surface area contributed by atoms with Crippen LogP contribution in [0.4, 0.5) is 4.39 Å². The third kappa shape index (κ3) is 4.06. The van der Waals surface area contributed by atoms with Gasteiger partial charge in [0.25, 0.3) is 5.91 Å². The van der Waals surface area contributed by atoms with E-state index < -0.39 is 0 Å². The van der Waals surface area contributed by atoms with Crippen molar-refractivity contribution in [2.45, 2.75) is 18.3 Å². The van der Waals surface area contributed by atoms with Gasteiger partial charge < -0.3 is 19.5 Å². The Balaban J connectivity index is 1.82. The van der Waals surface area contributed by atoms with Gasteiger partial charge in [-0.1, -0.05) is 18.2 Å². The van der Waals surface area contributed by atoms with Crippen LogP contribution >= 0.6 is 0 Å². The summed E-state index contributed by atoms with van der Waals surface area (Å²) in [5.74, 6) is 0.398. The lowest BCUT2D eigenvalue weighted by Crippen LogP contribution is -2.44. The van der Waals surface area contributed by atoms with Gasteiger partial charge in [0.2, 0.25) is 0 Å². The summed E-state index contributed by atoms with van der Waals surface area (Å²) in [5, 5.41) is 3.02. The molecule has 0 saturated carbocycles. The highest BCUT2D eigenvalue weighted by Crippen LogP contribution is 2.35. The molecule has 0 bridgehead atoms. The molecule has 0 aliphatic carbocycles. The number of hydrogen-bond acceptors (Lipinski definition) is 4. The molecule has 1 heterocycles. The Morgan fingerprint density at radius 2 is 1.81 bits per heavy atom. The molecule has 0 aromatic heterocycles. The van der Waals surface area contributed by atoms with Crippen molar-refractivity contribution in [3.05, 3.63) is 59.4 Å². The van der Waals surface area contributed by atoms with Gasteiger partial charge >= 0.3 is 0 Å². The minimum absolute atomic E-state index is 0.237. The molecule has 0 radical (unpaired) electrons. The Kier molecular flexibility index (Phi) is 5.96. The summed E-state index contributed by atoms with van der Waals surface area (Å²) in [6.45, 7) is 1.65. The monoisotopic (exact) mass is 373 g/mol. The number of carbonyl (C=O) groups is 1. The number of nitrogens with one attached hydrogen (secondary N) is 1. The van der Waals surface area contributed by atoms with E-state index in [9.17, 15) is 9.18 Å². The lowest BCUT2D eigenvalue weighted by Gasteiger charge is -2.38. The number of hydrogen-bond donors (Lipinski definition) is 1. The molecule has 1 N–H and O–H groups in total. The molecule has 144 valence electrons. The fraction of sp³-hybridized carbons (Fsp3) is 0.381. The van der Waals surface area contributed by atoms with E-state index in [0.29, 0.717) is 36.8 Å². The highest BCUT2D eigenvalue weighted by Gasteiger charge is 2.35. The van der Waals surface area contributed by atoms with Crippen molar-refractivity contribution in [2.75, 3.05) is 34.0 Å². The maximum Gasteiger partial charge on any atom is 0.255 e. The molecule has 6 heteroatoms. The van der Waals surface area contributed by atoms with Crippen LogP contribution in [0.3, 0.4) is 0 Å². The molecular weight excluding hydrogens is 349 g/mol. The van der Waals surface area contributed by atoms with Gasteiger partial charge in [-0.2, -0.15) is 0 Å². The highest BCUT2D eigenvalue weighted by molar-refractivity contribution is 5.97. The molecule has 3 rings (SSSR count). The lowest BCUT2D eigenvalue weighted by molar-refractivity contribution is 0.0486. The van der Waals surface area contributed by atoms with Crippen LogP contribution in [-0.4, -0.2) is 39.9 Å². The van der Waals surface area contributed by atoms with Crippen molar-refractivity contribution in [1.82, 2.24) is 5.32 Å². The number of halogens is 1. The summed E-state index contributed by atoms with van der Waals surface area (Å²) in [6.07, 6.45) is 1.52.